The molecule has 106 valence electrons. The van der Waals surface area contributed by atoms with Crippen LogP contribution in [0.5, 0.6) is 0 Å². The van der Waals surface area contributed by atoms with Gasteiger partial charge in [-0.2, -0.15) is 0 Å². The Kier molecular flexibility index (Phi) is 4.67. The Morgan fingerprint density at radius 3 is 2.74 bits per heavy atom. The molecule has 0 aromatic heterocycles. The van der Waals surface area contributed by atoms with E-state index in [1.165, 1.54) is 12.8 Å². The molecule has 0 radical (unpaired) electrons. The van der Waals surface area contributed by atoms with Crippen LogP contribution in [0.2, 0.25) is 0 Å². The predicted octanol–water partition coefficient (Wildman–Crippen LogP) is 4.53. The Bertz CT molecular complexity index is 444. The first-order valence-electron chi connectivity index (χ1n) is 7.05. The van der Waals surface area contributed by atoms with Crippen molar-refractivity contribution in [2.45, 2.75) is 39.5 Å². The summed E-state index contributed by atoms with van der Waals surface area (Å²) in [5.41, 5.74) is 7.08. The first-order chi connectivity index (χ1) is 8.91. The maximum Gasteiger partial charge on any atom is 0.127 e. The van der Waals surface area contributed by atoms with Crippen molar-refractivity contribution in [3.8, 4) is 0 Å². The average molecular weight is 328 g/mol. The number of nitrogens with two attached hydrogens (primary N) is 1. The molecule has 1 saturated carbocycles. The van der Waals surface area contributed by atoms with Crippen molar-refractivity contribution in [1.29, 1.82) is 0 Å². The molecule has 1 nitrogen and oxygen atoms in total. The molecule has 1 aliphatic carbocycles. The summed E-state index contributed by atoms with van der Waals surface area (Å²) in [5, 5.41) is 0. The standard InChI is InChI=1S/C16H23BrFN/c1-16(2)6-5-12(10-19)13(9-16)7-11-3-4-14(17)8-15(11)18/h3-4,8,12-13H,5-7,9-10,19H2,1-2H3. The van der Waals surface area contributed by atoms with E-state index in [4.69, 9.17) is 5.73 Å². The molecule has 1 aliphatic rings. The van der Waals surface area contributed by atoms with Crippen LogP contribution < -0.4 is 5.73 Å². The Balaban J connectivity index is 2.14. The zero-order valence-electron chi connectivity index (χ0n) is 11.8. The fraction of sp³-hybridized carbons (Fsp3) is 0.625. The van der Waals surface area contributed by atoms with Gasteiger partial charge in [0.15, 0.2) is 0 Å². The van der Waals surface area contributed by atoms with Gasteiger partial charge in [-0.15, -0.1) is 0 Å². The van der Waals surface area contributed by atoms with Crippen molar-refractivity contribution in [2.24, 2.45) is 23.0 Å². The lowest BCUT2D eigenvalue weighted by atomic mass is 9.65. The molecule has 2 unspecified atom stereocenters. The van der Waals surface area contributed by atoms with Gasteiger partial charge in [0, 0.05) is 4.47 Å². The fourth-order valence-electron chi connectivity index (χ4n) is 3.31. The smallest absolute Gasteiger partial charge is 0.127 e. The summed E-state index contributed by atoms with van der Waals surface area (Å²) in [7, 11) is 0. The van der Waals surface area contributed by atoms with Crippen LogP contribution in [0.25, 0.3) is 0 Å². The van der Waals surface area contributed by atoms with Crippen LogP contribution in [0.4, 0.5) is 4.39 Å². The summed E-state index contributed by atoms with van der Waals surface area (Å²) >= 11 is 3.31. The van der Waals surface area contributed by atoms with E-state index in [9.17, 15) is 4.39 Å². The maximum atomic E-state index is 14.0. The third-order valence-electron chi connectivity index (χ3n) is 4.47. The van der Waals surface area contributed by atoms with E-state index in [0.717, 1.165) is 29.4 Å². The van der Waals surface area contributed by atoms with E-state index in [1.54, 1.807) is 6.07 Å². The van der Waals surface area contributed by atoms with Crippen molar-refractivity contribution in [3.63, 3.8) is 0 Å². The molecule has 2 atom stereocenters. The summed E-state index contributed by atoms with van der Waals surface area (Å²) in [6.45, 7) is 5.34. The van der Waals surface area contributed by atoms with Crippen molar-refractivity contribution in [1.82, 2.24) is 0 Å². The molecule has 0 spiro atoms. The summed E-state index contributed by atoms with van der Waals surface area (Å²) in [5.74, 6) is 0.939. The first kappa shape index (κ1) is 15.0. The van der Waals surface area contributed by atoms with Crippen LogP contribution in [-0.2, 0) is 6.42 Å². The Morgan fingerprint density at radius 1 is 1.37 bits per heavy atom. The molecule has 0 saturated heterocycles. The Labute approximate surface area is 123 Å². The van der Waals surface area contributed by atoms with Crippen LogP contribution in [0, 0.1) is 23.1 Å². The largest absolute Gasteiger partial charge is 0.330 e. The lowest BCUT2D eigenvalue weighted by molar-refractivity contribution is 0.121. The zero-order chi connectivity index (χ0) is 14.0. The number of hydrogen-bond donors (Lipinski definition) is 1. The highest BCUT2D eigenvalue weighted by Gasteiger charge is 2.34. The summed E-state index contributed by atoms with van der Waals surface area (Å²) in [6.07, 6.45) is 4.36. The molecule has 0 aliphatic heterocycles. The van der Waals surface area contributed by atoms with Crippen molar-refractivity contribution in [3.05, 3.63) is 34.1 Å². The molecular weight excluding hydrogens is 305 g/mol. The highest BCUT2D eigenvalue weighted by molar-refractivity contribution is 9.10. The topological polar surface area (TPSA) is 26.0 Å². The molecule has 2 rings (SSSR count). The third-order valence-corrected chi connectivity index (χ3v) is 4.97. The van der Waals surface area contributed by atoms with E-state index < -0.39 is 0 Å². The van der Waals surface area contributed by atoms with E-state index >= 15 is 0 Å². The van der Waals surface area contributed by atoms with Gasteiger partial charge in [-0.25, -0.2) is 4.39 Å². The third kappa shape index (κ3) is 3.79. The maximum absolute atomic E-state index is 14.0. The number of benzene rings is 1. The highest BCUT2D eigenvalue weighted by atomic mass is 79.9. The molecule has 3 heteroatoms. The molecule has 1 fully saturated rings. The van der Waals surface area contributed by atoms with E-state index in [2.05, 4.69) is 29.8 Å². The SMILES string of the molecule is CC1(C)CCC(CN)C(Cc2ccc(Br)cc2F)C1. The summed E-state index contributed by atoms with van der Waals surface area (Å²) in [6, 6.07) is 5.37. The minimum absolute atomic E-state index is 0.103. The second-order valence-electron chi connectivity index (χ2n) is 6.60. The normalized spacial score (nSPS) is 26.4. The van der Waals surface area contributed by atoms with Gasteiger partial charge in [-0.3, -0.25) is 0 Å². The van der Waals surface area contributed by atoms with Crippen LogP contribution in [0.1, 0.15) is 38.7 Å². The van der Waals surface area contributed by atoms with E-state index in [-0.39, 0.29) is 5.82 Å². The minimum Gasteiger partial charge on any atom is -0.330 e. The lowest BCUT2D eigenvalue weighted by Gasteiger charge is -2.40. The van der Waals surface area contributed by atoms with Gasteiger partial charge in [0.1, 0.15) is 5.82 Å². The molecule has 0 heterocycles. The van der Waals surface area contributed by atoms with Crippen molar-refractivity contribution in [2.75, 3.05) is 6.54 Å². The molecule has 19 heavy (non-hydrogen) atoms. The number of hydrogen-bond acceptors (Lipinski definition) is 1. The van der Waals surface area contributed by atoms with Gasteiger partial charge in [-0.05, 0) is 67.2 Å². The van der Waals surface area contributed by atoms with Gasteiger partial charge in [0.2, 0.25) is 0 Å². The van der Waals surface area contributed by atoms with Gasteiger partial charge >= 0.3 is 0 Å². The van der Waals surface area contributed by atoms with Crippen LogP contribution in [0.15, 0.2) is 22.7 Å². The molecule has 0 amide bonds. The molecule has 1 aromatic rings. The number of rotatable bonds is 3. The second-order valence-corrected chi connectivity index (χ2v) is 7.52. The molecule has 1 aromatic carbocycles. The predicted molar refractivity (Wildman–Crippen MR) is 81.5 cm³/mol. The average Bonchev–Trinajstić information content (AvgIpc) is 2.32. The first-order valence-corrected chi connectivity index (χ1v) is 7.84. The van der Waals surface area contributed by atoms with E-state index in [0.29, 0.717) is 17.3 Å². The van der Waals surface area contributed by atoms with Crippen LogP contribution in [0.3, 0.4) is 0 Å². The molecule has 0 bridgehead atoms. The van der Waals surface area contributed by atoms with E-state index in [1.807, 2.05) is 12.1 Å². The monoisotopic (exact) mass is 327 g/mol. The number of halogens is 2. The highest BCUT2D eigenvalue weighted by Crippen LogP contribution is 2.43. The molecular formula is C16H23BrFN. The van der Waals surface area contributed by atoms with Gasteiger partial charge < -0.3 is 5.73 Å². The second kappa shape index (κ2) is 5.92. The van der Waals surface area contributed by atoms with Crippen molar-refractivity contribution < 1.29 is 4.39 Å². The zero-order valence-corrected chi connectivity index (χ0v) is 13.3. The van der Waals surface area contributed by atoms with Crippen LogP contribution in [-0.4, -0.2) is 6.54 Å². The summed E-state index contributed by atoms with van der Waals surface area (Å²) < 4.78 is 14.8. The van der Waals surface area contributed by atoms with Gasteiger partial charge in [-0.1, -0.05) is 35.8 Å². The minimum atomic E-state index is -0.103. The quantitative estimate of drug-likeness (QED) is 0.867. The van der Waals surface area contributed by atoms with Crippen LogP contribution >= 0.6 is 15.9 Å². The van der Waals surface area contributed by atoms with Gasteiger partial charge in [0.05, 0.1) is 0 Å². The fourth-order valence-corrected chi connectivity index (χ4v) is 3.64. The Hall–Kier alpha value is -0.410. The molecule has 2 N–H and O–H groups in total. The van der Waals surface area contributed by atoms with Crippen molar-refractivity contribution >= 4 is 15.9 Å². The lowest BCUT2D eigenvalue weighted by Crippen LogP contribution is -2.35. The van der Waals surface area contributed by atoms with Gasteiger partial charge in [0.25, 0.3) is 0 Å². The summed E-state index contributed by atoms with van der Waals surface area (Å²) in [4.78, 5) is 0. The Morgan fingerprint density at radius 2 is 2.11 bits per heavy atom.